The largest absolute Gasteiger partial charge is 0.344 e. The number of carbonyl (C=O) groups is 2. The van der Waals surface area contributed by atoms with Gasteiger partial charge in [-0.2, -0.15) is 5.10 Å². The summed E-state index contributed by atoms with van der Waals surface area (Å²) < 4.78 is 2.10. The Labute approximate surface area is 185 Å². The minimum absolute atomic E-state index is 0.0188. The topological polar surface area (TPSA) is 99.2 Å². The van der Waals surface area contributed by atoms with E-state index < -0.39 is 0 Å². The van der Waals surface area contributed by atoms with Crippen molar-refractivity contribution in [1.82, 2.24) is 30.0 Å². The van der Waals surface area contributed by atoms with Gasteiger partial charge in [0.2, 0.25) is 5.91 Å². The molecule has 1 spiro atoms. The molecule has 6 heterocycles. The van der Waals surface area contributed by atoms with Crippen LogP contribution in [0, 0.1) is 0 Å². The van der Waals surface area contributed by atoms with E-state index in [1.54, 1.807) is 0 Å². The smallest absolute Gasteiger partial charge is 0.317 e. The number of nitrogens with one attached hydrogen (secondary N) is 2. The highest BCUT2D eigenvalue weighted by Crippen LogP contribution is 2.44. The normalized spacial score (nSPS) is 22.5. The second-order valence-corrected chi connectivity index (χ2v) is 9.12. The summed E-state index contributed by atoms with van der Waals surface area (Å²) in [6.07, 6.45) is 7.19. The molecule has 0 aromatic carbocycles. The molecule has 0 bridgehead atoms. The molecule has 3 aromatic rings. The van der Waals surface area contributed by atoms with E-state index in [-0.39, 0.29) is 17.4 Å². The van der Waals surface area contributed by atoms with Crippen molar-refractivity contribution in [3.63, 3.8) is 0 Å². The number of aromatic amines is 1. The summed E-state index contributed by atoms with van der Waals surface area (Å²) in [5, 5.41) is 8.75. The molecule has 3 aliphatic heterocycles. The zero-order chi connectivity index (χ0) is 21.9. The van der Waals surface area contributed by atoms with Gasteiger partial charge < -0.3 is 20.1 Å². The van der Waals surface area contributed by atoms with Crippen LogP contribution in [-0.2, 0) is 16.8 Å². The van der Waals surface area contributed by atoms with Gasteiger partial charge in [-0.3, -0.25) is 9.48 Å². The zero-order valence-electron chi connectivity index (χ0n) is 18.2. The average Bonchev–Trinajstić information content (AvgIpc) is 3.58. The van der Waals surface area contributed by atoms with Crippen molar-refractivity contribution in [2.75, 3.05) is 31.1 Å². The molecule has 0 saturated carbocycles. The third-order valence-corrected chi connectivity index (χ3v) is 7.26. The van der Waals surface area contributed by atoms with Crippen molar-refractivity contribution in [1.29, 1.82) is 0 Å². The van der Waals surface area contributed by atoms with Gasteiger partial charge in [-0.05, 0) is 38.3 Å². The summed E-state index contributed by atoms with van der Waals surface area (Å²) in [6.45, 7) is 5.72. The fourth-order valence-electron chi connectivity index (χ4n) is 5.58. The Bertz CT molecular complexity index is 1230. The van der Waals surface area contributed by atoms with Crippen molar-refractivity contribution < 1.29 is 9.59 Å². The highest BCUT2D eigenvalue weighted by Gasteiger charge is 2.46. The Hall–Kier alpha value is -3.36. The van der Waals surface area contributed by atoms with Gasteiger partial charge in [0.05, 0.1) is 11.4 Å². The molecule has 2 N–H and O–H groups in total. The Kier molecular flexibility index (Phi) is 4.28. The van der Waals surface area contributed by atoms with Crippen LogP contribution in [0.3, 0.4) is 0 Å². The Morgan fingerprint density at radius 3 is 2.94 bits per heavy atom. The molecule has 2 saturated heterocycles. The molecular weight excluding hydrogens is 406 g/mol. The number of anilines is 1. The summed E-state index contributed by atoms with van der Waals surface area (Å²) in [6, 6.07) is 4.28. The molecule has 2 fully saturated rings. The fraction of sp³-hybridized carbons (Fsp3) is 0.478. The number of fused-ring (bicyclic) bond motifs is 3. The molecular formula is C23H27N7O2. The second-order valence-electron chi connectivity index (χ2n) is 9.12. The lowest BCUT2D eigenvalue weighted by atomic mass is 9.82. The van der Waals surface area contributed by atoms with Gasteiger partial charge in [-0.1, -0.05) is 0 Å². The summed E-state index contributed by atoms with van der Waals surface area (Å²) in [5.74, 6) is 0.164. The lowest BCUT2D eigenvalue weighted by Gasteiger charge is -2.23. The first kappa shape index (κ1) is 19.3. The van der Waals surface area contributed by atoms with E-state index in [0.717, 1.165) is 73.4 Å². The minimum Gasteiger partial charge on any atom is -0.344 e. The van der Waals surface area contributed by atoms with Gasteiger partial charge in [-0.15, -0.1) is 0 Å². The number of pyridine rings is 1. The number of aryl methyl sites for hydroxylation is 1. The van der Waals surface area contributed by atoms with Gasteiger partial charge in [0.25, 0.3) is 0 Å². The third-order valence-electron chi connectivity index (χ3n) is 7.26. The van der Waals surface area contributed by atoms with Crippen LogP contribution in [0.5, 0.6) is 0 Å². The number of rotatable bonds is 3. The van der Waals surface area contributed by atoms with Crippen molar-refractivity contribution >= 4 is 28.7 Å². The first-order valence-corrected chi connectivity index (χ1v) is 11.5. The van der Waals surface area contributed by atoms with Crippen molar-refractivity contribution in [3.05, 3.63) is 30.2 Å². The molecule has 3 aliphatic rings. The standard InChI is InChI=1S/C23H27N7O2/c1-2-24-22(32)28-8-5-23(14-28)6-9-30-19(23)11-17(27-30)15-10-16-18(13-26-21(16)25-12-15)29-7-3-4-20(29)31/h10-13H,2-9,14H2,1H3,(H,24,32)(H,25,26). The maximum atomic E-state index is 12.3. The van der Waals surface area contributed by atoms with E-state index in [1.807, 2.05) is 29.1 Å². The number of urea groups is 1. The van der Waals surface area contributed by atoms with Crippen molar-refractivity contribution in [2.45, 2.75) is 44.6 Å². The van der Waals surface area contributed by atoms with E-state index in [1.165, 1.54) is 5.69 Å². The number of likely N-dealkylation sites (tertiary alicyclic amines) is 1. The van der Waals surface area contributed by atoms with Crippen LogP contribution in [0.1, 0.15) is 38.3 Å². The van der Waals surface area contributed by atoms with Gasteiger partial charge in [0.1, 0.15) is 5.65 Å². The highest BCUT2D eigenvalue weighted by atomic mass is 16.2. The Morgan fingerprint density at radius 2 is 2.12 bits per heavy atom. The number of amides is 3. The monoisotopic (exact) mass is 433 g/mol. The van der Waals surface area contributed by atoms with E-state index in [4.69, 9.17) is 5.10 Å². The lowest BCUT2D eigenvalue weighted by molar-refractivity contribution is -0.117. The molecule has 32 heavy (non-hydrogen) atoms. The molecule has 9 heteroatoms. The maximum absolute atomic E-state index is 12.3. The molecule has 1 unspecified atom stereocenters. The number of nitrogens with zero attached hydrogens (tertiary/aromatic N) is 5. The maximum Gasteiger partial charge on any atom is 0.317 e. The van der Waals surface area contributed by atoms with Crippen molar-refractivity contribution in [3.8, 4) is 11.3 Å². The average molecular weight is 434 g/mol. The van der Waals surface area contributed by atoms with Gasteiger partial charge >= 0.3 is 6.03 Å². The molecule has 0 radical (unpaired) electrons. The molecule has 3 aromatic heterocycles. The Balaban J connectivity index is 1.33. The van der Waals surface area contributed by atoms with Crippen LogP contribution in [0.25, 0.3) is 22.3 Å². The Morgan fingerprint density at radius 1 is 1.25 bits per heavy atom. The molecule has 166 valence electrons. The second kappa shape index (κ2) is 7.08. The number of aromatic nitrogens is 4. The molecule has 0 aliphatic carbocycles. The molecule has 6 rings (SSSR count). The van der Waals surface area contributed by atoms with E-state index in [2.05, 4.69) is 32.1 Å². The van der Waals surface area contributed by atoms with Crippen LogP contribution >= 0.6 is 0 Å². The van der Waals surface area contributed by atoms with E-state index in [9.17, 15) is 9.59 Å². The number of carbonyl (C=O) groups excluding carboxylic acids is 2. The predicted molar refractivity (Wildman–Crippen MR) is 120 cm³/mol. The number of hydrogen-bond donors (Lipinski definition) is 2. The van der Waals surface area contributed by atoms with Crippen LogP contribution in [0.2, 0.25) is 0 Å². The predicted octanol–water partition coefficient (Wildman–Crippen LogP) is 2.63. The fourth-order valence-corrected chi connectivity index (χ4v) is 5.58. The summed E-state index contributed by atoms with van der Waals surface area (Å²) in [4.78, 5) is 36.2. The van der Waals surface area contributed by atoms with E-state index in [0.29, 0.717) is 13.0 Å². The van der Waals surface area contributed by atoms with Crippen LogP contribution in [0.4, 0.5) is 10.5 Å². The molecule has 1 atom stereocenters. The van der Waals surface area contributed by atoms with Gasteiger partial charge in [0.15, 0.2) is 0 Å². The SMILES string of the molecule is CCNC(=O)N1CCC2(CCn3nc(-c4cnc5[nH]cc(N6CCCC6=O)c5c4)cc32)C1. The lowest BCUT2D eigenvalue weighted by Crippen LogP contribution is -2.40. The highest BCUT2D eigenvalue weighted by molar-refractivity contribution is 6.04. The molecule has 9 nitrogen and oxygen atoms in total. The number of hydrogen-bond acceptors (Lipinski definition) is 4. The zero-order valence-corrected chi connectivity index (χ0v) is 18.2. The number of H-pyrrole nitrogens is 1. The van der Waals surface area contributed by atoms with Gasteiger partial charge in [0, 0.05) is 73.6 Å². The quantitative estimate of drug-likeness (QED) is 0.663. The molecule has 3 amide bonds. The van der Waals surface area contributed by atoms with Crippen LogP contribution in [0.15, 0.2) is 24.5 Å². The van der Waals surface area contributed by atoms with E-state index >= 15 is 0 Å². The minimum atomic E-state index is -0.0188. The summed E-state index contributed by atoms with van der Waals surface area (Å²) in [5.41, 5.74) is 4.71. The van der Waals surface area contributed by atoms with Crippen LogP contribution in [-0.4, -0.2) is 62.8 Å². The summed E-state index contributed by atoms with van der Waals surface area (Å²) >= 11 is 0. The first-order valence-electron chi connectivity index (χ1n) is 11.5. The van der Waals surface area contributed by atoms with Crippen LogP contribution < -0.4 is 10.2 Å². The summed E-state index contributed by atoms with van der Waals surface area (Å²) in [7, 11) is 0. The van der Waals surface area contributed by atoms with Crippen molar-refractivity contribution in [2.24, 2.45) is 0 Å². The first-order chi connectivity index (χ1) is 15.6. The third kappa shape index (κ3) is 2.83. The van der Waals surface area contributed by atoms with Gasteiger partial charge in [-0.25, -0.2) is 9.78 Å².